The molecule has 0 unspecified atom stereocenters. The first kappa shape index (κ1) is 13.3. The van der Waals surface area contributed by atoms with E-state index in [1.165, 1.54) is 5.56 Å². The lowest BCUT2D eigenvalue weighted by molar-refractivity contribution is 0.0697. The van der Waals surface area contributed by atoms with Crippen LogP contribution in [0.2, 0.25) is 0 Å². The Balaban J connectivity index is 2.27. The van der Waals surface area contributed by atoms with E-state index < -0.39 is 5.97 Å². The van der Waals surface area contributed by atoms with Gasteiger partial charge in [0, 0.05) is 0 Å². The summed E-state index contributed by atoms with van der Waals surface area (Å²) in [6.07, 6.45) is 1.06. The summed E-state index contributed by atoms with van der Waals surface area (Å²) < 4.78 is 0. The lowest BCUT2D eigenvalue weighted by Crippen LogP contribution is -1.96. The summed E-state index contributed by atoms with van der Waals surface area (Å²) in [5.41, 5.74) is 3.63. The van der Waals surface area contributed by atoms with Crippen molar-refractivity contribution in [1.29, 1.82) is 0 Å². The summed E-state index contributed by atoms with van der Waals surface area (Å²) in [7, 11) is 0. The Morgan fingerprint density at radius 1 is 1.05 bits per heavy atom. The summed E-state index contributed by atoms with van der Waals surface area (Å²) in [6.45, 7) is 4.40. The first-order chi connectivity index (χ1) is 9.06. The Morgan fingerprint density at radius 2 is 1.74 bits per heavy atom. The molecule has 0 fully saturated rings. The lowest BCUT2D eigenvalue weighted by atomic mass is 9.98. The van der Waals surface area contributed by atoms with Gasteiger partial charge in [0.2, 0.25) is 0 Å². The number of carbonyl (C=O) groups is 1. The molecule has 0 radical (unpaired) electrons. The SMILES string of the molecule is CC(C)Cc1ccc(-c2cccc(C(=O)O)c2)cc1. The number of carboxylic acid groups (broad SMARTS) is 1. The molecule has 19 heavy (non-hydrogen) atoms. The van der Waals surface area contributed by atoms with E-state index in [-0.39, 0.29) is 0 Å². The molecule has 0 saturated carbocycles. The second kappa shape index (κ2) is 5.70. The van der Waals surface area contributed by atoms with Gasteiger partial charge in [-0.1, -0.05) is 50.2 Å². The highest BCUT2D eigenvalue weighted by molar-refractivity contribution is 5.89. The fourth-order valence-electron chi connectivity index (χ4n) is 2.14. The highest BCUT2D eigenvalue weighted by Crippen LogP contribution is 2.22. The molecule has 2 heteroatoms. The molecule has 0 spiro atoms. The van der Waals surface area contributed by atoms with Crippen molar-refractivity contribution in [3.8, 4) is 11.1 Å². The number of carboxylic acids is 1. The van der Waals surface area contributed by atoms with Gasteiger partial charge in [0.05, 0.1) is 5.56 Å². The van der Waals surface area contributed by atoms with Gasteiger partial charge in [-0.25, -0.2) is 4.79 Å². The molecule has 0 aliphatic rings. The third-order valence-corrected chi connectivity index (χ3v) is 3.04. The van der Waals surface area contributed by atoms with E-state index in [9.17, 15) is 4.79 Å². The largest absolute Gasteiger partial charge is 0.478 e. The molecule has 1 N–H and O–H groups in total. The van der Waals surface area contributed by atoms with Crippen LogP contribution in [0.1, 0.15) is 29.8 Å². The van der Waals surface area contributed by atoms with Crippen LogP contribution in [0.3, 0.4) is 0 Å². The monoisotopic (exact) mass is 254 g/mol. The molecule has 0 aliphatic carbocycles. The summed E-state index contributed by atoms with van der Waals surface area (Å²) in [5, 5.41) is 9.00. The van der Waals surface area contributed by atoms with Crippen molar-refractivity contribution in [2.45, 2.75) is 20.3 Å². The minimum Gasteiger partial charge on any atom is -0.478 e. The Hall–Kier alpha value is -2.09. The van der Waals surface area contributed by atoms with Crippen molar-refractivity contribution >= 4 is 5.97 Å². The van der Waals surface area contributed by atoms with E-state index in [1.807, 2.05) is 6.07 Å². The van der Waals surface area contributed by atoms with Crippen LogP contribution < -0.4 is 0 Å². The smallest absolute Gasteiger partial charge is 0.335 e. The second-order valence-electron chi connectivity index (χ2n) is 5.18. The minimum absolute atomic E-state index is 0.323. The van der Waals surface area contributed by atoms with Crippen LogP contribution >= 0.6 is 0 Å². The van der Waals surface area contributed by atoms with Crippen LogP contribution in [-0.4, -0.2) is 11.1 Å². The van der Waals surface area contributed by atoms with Crippen molar-refractivity contribution in [3.05, 3.63) is 59.7 Å². The van der Waals surface area contributed by atoms with Gasteiger partial charge in [-0.05, 0) is 41.2 Å². The highest BCUT2D eigenvalue weighted by atomic mass is 16.4. The summed E-state index contributed by atoms with van der Waals surface area (Å²) >= 11 is 0. The predicted octanol–water partition coefficient (Wildman–Crippen LogP) is 4.25. The normalized spacial score (nSPS) is 10.7. The molecule has 0 heterocycles. The quantitative estimate of drug-likeness (QED) is 0.885. The van der Waals surface area contributed by atoms with Crippen molar-refractivity contribution in [2.24, 2.45) is 5.92 Å². The Morgan fingerprint density at radius 3 is 2.32 bits per heavy atom. The van der Waals surface area contributed by atoms with Crippen LogP contribution in [0.15, 0.2) is 48.5 Å². The van der Waals surface area contributed by atoms with E-state index in [0.29, 0.717) is 11.5 Å². The Bertz CT molecular complexity index is 568. The van der Waals surface area contributed by atoms with Crippen molar-refractivity contribution in [2.75, 3.05) is 0 Å². The van der Waals surface area contributed by atoms with Gasteiger partial charge in [-0.15, -0.1) is 0 Å². The van der Waals surface area contributed by atoms with Gasteiger partial charge >= 0.3 is 5.97 Å². The number of hydrogen-bond acceptors (Lipinski definition) is 1. The molecule has 2 aromatic rings. The average Bonchev–Trinajstić information content (AvgIpc) is 2.39. The maximum Gasteiger partial charge on any atom is 0.335 e. The van der Waals surface area contributed by atoms with E-state index >= 15 is 0 Å². The fourth-order valence-corrected chi connectivity index (χ4v) is 2.14. The molecule has 0 bridgehead atoms. The molecule has 0 amide bonds. The van der Waals surface area contributed by atoms with E-state index in [1.54, 1.807) is 18.2 Å². The number of benzene rings is 2. The van der Waals surface area contributed by atoms with Crippen molar-refractivity contribution < 1.29 is 9.90 Å². The molecular weight excluding hydrogens is 236 g/mol. The van der Waals surface area contributed by atoms with Gasteiger partial charge in [0.1, 0.15) is 0 Å². The molecule has 2 rings (SSSR count). The van der Waals surface area contributed by atoms with Crippen LogP contribution in [-0.2, 0) is 6.42 Å². The third-order valence-electron chi connectivity index (χ3n) is 3.04. The zero-order valence-corrected chi connectivity index (χ0v) is 11.3. The lowest BCUT2D eigenvalue weighted by Gasteiger charge is -2.07. The molecule has 2 nitrogen and oxygen atoms in total. The summed E-state index contributed by atoms with van der Waals surface area (Å²) in [4.78, 5) is 11.0. The van der Waals surface area contributed by atoms with Crippen LogP contribution in [0, 0.1) is 5.92 Å². The Labute approximate surface area is 113 Å². The van der Waals surface area contributed by atoms with Crippen LogP contribution in [0.25, 0.3) is 11.1 Å². The second-order valence-corrected chi connectivity index (χ2v) is 5.18. The summed E-state index contributed by atoms with van der Waals surface area (Å²) in [6, 6.07) is 15.4. The van der Waals surface area contributed by atoms with E-state index in [4.69, 9.17) is 5.11 Å². The first-order valence-corrected chi connectivity index (χ1v) is 6.49. The van der Waals surface area contributed by atoms with Crippen LogP contribution in [0.4, 0.5) is 0 Å². The molecule has 98 valence electrons. The Kier molecular flexibility index (Phi) is 4.00. The minimum atomic E-state index is -0.890. The van der Waals surface area contributed by atoms with E-state index in [2.05, 4.69) is 38.1 Å². The van der Waals surface area contributed by atoms with E-state index in [0.717, 1.165) is 17.5 Å². The summed E-state index contributed by atoms with van der Waals surface area (Å²) in [5.74, 6) is -0.250. The average molecular weight is 254 g/mol. The molecule has 0 aliphatic heterocycles. The number of aromatic carboxylic acids is 1. The molecule has 0 aromatic heterocycles. The maximum absolute atomic E-state index is 11.0. The van der Waals surface area contributed by atoms with Crippen LogP contribution in [0.5, 0.6) is 0 Å². The highest BCUT2D eigenvalue weighted by Gasteiger charge is 2.05. The van der Waals surface area contributed by atoms with Gasteiger partial charge < -0.3 is 5.11 Å². The number of rotatable bonds is 4. The fraction of sp³-hybridized carbons (Fsp3) is 0.235. The maximum atomic E-state index is 11.0. The number of hydrogen-bond donors (Lipinski definition) is 1. The van der Waals surface area contributed by atoms with Gasteiger partial charge in [0.15, 0.2) is 0 Å². The predicted molar refractivity (Wildman–Crippen MR) is 77.4 cm³/mol. The van der Waals surface area contributed by atoms with Gasteiger partial charge in [0.25, 0.3) is 0 Å². The van der Waals surface area contributed by atoms with Crippen molar-refractivity contribution in [1.82, 2.24) is 0 Å². The van der Waals surface area contributed by atoms with Crippen molar-refractivity contribution in [3.63, 3.8) is 0 Å². The first-order valence-electron chi connectivity index (χ1n) is 6.49. The molecule has 0 saturated heterocycles. The molecule has 0 atom stereocenters. The molecule has 2 aromatic carbocycles. The van der Waals surface area contributed by atoms with Gasteiger partial charge in [-0.2, -0.15) is 0 Å². The topological polar surface area (TPSA) is 37.3 Å². The zero-order valence-electron chi connectivity index (χ0n) is 11.3. The standard InChI is InChI=1S/C17H18O2/c1-12(2)10-13-6-8-14(9-7-13)15-4-3-5-16(11-15)17(18)19/h3-9,11-12H,10H2,1-2H3,(H,18,19). The zero-order chi connectivity index (χ0) is 13.8. The molecular formula is C17H18O2. The third kappa shape index (κ3) is 3.44. The van der Waals surface area contributed by atoms with Gasteiger partial charge in [-0.3, -0.25) is 0 Å².